The number of para-hydroxylation sites is 1. The summed E-state index contributed by atoms with van der Waals surface area (Å²) in [5, 5.41) is 7.48. The van der Waals surface area contributed by atoms with Crippen molar-refractivity contribution in [3.05, 3.63) is 102 Å². The summed E-state index contributed by atoms with van der Waals surface area (Å²) in [6.45, 7) is 6.87. The number of rotatable bonds is 6. The Morgan fingerprint density at radius 1 is 0.600 bits per heavy atom. The zero-order valence-corrected chi connectivity index (χ0v) is 24.9. The predicted octanol–water partition coefficient (Wildman–Crippen LogP) is 10.9. The smallest absolute Gasteiger partial charge is 0.0422 e. The van der Waals surface area contributed by atoms with Crippen LogP contribution in [0.15, 0.2) is 96.1 Å². The fraction of sp³-hybridized carbons (Fsp3) is 0.421. The van der Waals surface area contributed by atoms with Gasteiger partial charge in [-0.25, -0.2) is 0 Å². The van der Waals surface area contributed by atoms with Crippen LogP contribution < -0.4 is 10.6 Å². The lowest BCUT2D eigenvalue weighted by Crippen LogP contribution is -2.22. The number of allylic oxidation sites excluding steroid dienone is 4. The van der Waals surface area contributed by atoms with Crippen LogP contribution in [-0.4, -0.2) is 12.1 Å². The number of hydrogen-bond donors (Lipinski definition) is 2. The van der Waals surface area contributed by atoms with Gasteiger partial charge in [-0.15, -0.1) is 0 Å². The molecular formula is C38H48N2. The molecule has 2 nitrogen and oxygen atoms in total. The van der Waals surface area contributed by atoms with E-state index in [4.69, 9.17) is 0 Å². The Kier molecular flexibility index (Phi) is 9.81. The van der Waals surface area contributed by atoms with Crippen LogP contribution in [0.2, 0.25) is 0 Å². The molecular weight excluding hydrogens is 484 g/mol. The SMILES string of the molecule is CC1=CC(C)C(C)=C1c1cc(-c2ccccc2)ccc1NC1CCCCC1.c1ccc(NC2CCCCC2)cc1. The fourth-order valence-corrected chi connectivity index (χ4v) is 6.72. The largest absolute Gasteiger partial charge is 0.382 e. The van der Waals surface area contributed by atoms with Crippen molar-refractivity contribution in [2.75, 3.05) is 10.6 Å². The Hall–Kier alpha value is -3.26. The Labute approximate surface area is 243 Å². The van der Waals surface area contributed by atoms with Crippen LogP contribution in [0.3, 0.4) is 0 Å². The van der Waals surface area contributed by atoms with E-state index in [1.807, 2.05) is 0 Å². The maximum atomic E-state index is 3.90. The maximum absolute atomic E-state index is 3.90. The first-order valence-corrected chi connectivity index (χ1v) is 15.8. The molecule has 2 heteroatoms. The Bertz CT molecular complexity index is 1280. The van der Waals surface area contributed by atoms with Crippen molar-refractivity contribution in [3.8, 4) is 11.1 Å². The molecule has 2 saturated carbocycles. The summed E-state index contributed by atoms with van der Waals surface area (Å²) >= 11 is 0. The van der Waals surface area contributed by atoms with Crippen LogP contribution in [-0.2, 0) is 0 Å². The molecule has 2 fully saturated rings. The van der Waals surface area contributed by atoms with Gasteiger partial charge in [-0.2, -0.15) is 0 Å². The second kappa shape index (κ2) is 13.9. The molecule has 3 aromatic rings. The third-order valence-electron chi connectivity index (χ3n) is 9.08. The maximum Gasteiger partial charge on any atom is 0.0422 e. The number of benzene rings is 3. The molecule has 0 saturated heterocycles. The lowest BCUT2D eigenvalue weighted by molar-refractivity contribution is 0.462. The molecule has 0 spiro atoms. The quantitative estimate of drug-likeness (QED) is 0.330. The van der Waals surface area contributed by atoms with E-state index < -0.39 is 0 Å². The molecule has 0 heterocycles. The minimum Gasteiger partial charge on any atom is -0.382 e. The van der Waals surface area contributed by atoms with Gasteiger partial charge in [-0.3, -0.25) is 0 Å². The highest BCUT2D eigenvalue weighted by Gasteiger charge is 2.23. The van der Waals surface area contributed by atoms with Crippen LogP contribution in [0.1, 0.15) is 90.5 Å². The van der Waals surface area contributed by atoms with Gasteiger partial charge in [0, 0.05) is 29.0 Å². The standard InChI is InChI=1S/C26H31N.C12H17N/c1-18-16-19(2)26(20(18)3)24-17-22(21-10-6-4-7-11-21)14-15-25(24)27-23-12-8-5-9-13-23;1-3-7-11(8-4-1)13-12-9-5-2-6-10-12/h4,6-7,10-11,14-18,23,27H,5,8-9,12-13H2,1-3H3;1,3-4,7-8,12-13H,2,5-6,9-10H2. The summed E-state index contributed by atoms with van der Waals surface area (Å²) in [5.41, 5.74) is 10.9. The summed E-state index contributed by atoms with van der Waals surface area (Å²) in [5.74, 6) is 0.530. The zero-order valence-electron chi connectivity index (χ0n) is 24.9. The predicted molar refractivity (Wildman–Crippen MR) is 175 cm³/mol. The van der Waals surface area contributed by atoms with Crippen molar-refractivity contribution in [1.82, 2.24) is 0 Å². The van der Waals surface area contributed by atoms with E-state index in [0.717, 1.165) is 6.04 Å². The van der Waals surface area contributed by atoms with Crippen molar-refractivity contribution >= 4 is 16.9 Å². The normalized spacial score (nSPS) is 20.0. The molecule has 6 rings (SSSR count). The summed E-state index contributed by atoms with van der Waals surface area (Å²) in [6, 6.07) is 29.6. The van der Waals surface area contributed by atoms with Gasteiger partial charge < -0.3 is 10.6 Å². The summed E-state index contributed by atoms with van der Waals surface area (Å²) < 4.78 is 0. The molecule has 0 radical (unpaired) electrons. The molecule has 1 unspecified atom stereocenters. The van der Waals surface area contributed by atoms with Crippen molar-refractivity contribution in [2.24, 2.45) is 5.92 Å². The molecule has 3 aromatic carbocycles. The van der Waals surface area contributed by atoms with Crippen LogP contribution >= 0.6 is 0 Å². The Balaban J connectivity index is 0.000000207. The molecule has 3 aliphatic carbocycles. The monoisotopic (exact) mass is 532 g/mol. The zero-order chi connectivity index (χ0) is 27.7. The van der Waals surface area contributed by atoms with E-state index in [0.29, 0.717) is 12.0 Å². The second-order valence-corrected chi connectivity index (χ2v) is 12.1. The van der Waals surface area contributed by atoms with Crippen LogP contribution in [0.4, 0.5) is 11.4 Å². The van der Waals surface area contributed by atoms with E-state index in [2.05, 4.69) is 116 Å². The van der Waals surface area contributed by atoms with Gasteiger partial charge in [0.15, 0.2) is 0 Å². The number of nitrogens with one attached hydrogen (secondary N) is 2. The first-order chi connectivity index (χ1) is 19.6. The van der Waals surface area contributed by atoms with Crippen molar-refractivity contribution < 1.29 is 0 Å². The van der Waals surface area contributed by atoms with E-state index in [9.17, 15) is 0 Å². The molecule has 0 aliphatic heterocycles. The summed E-state index contributed by atoms with van der Waals surface area (Å²) in [7, 11) is 0. The first-order valence-electron chi connectivity index (χ1n) is 15.8. The molecule has 0 bridgehead atoms. The summed E-state index contributed by atoms with van der Waals surface area (Å²) in [6.07, 6.45) is 16.0. The van der Waals surface area contributed by atoms with Gasteiger partial charge >= 0.3 is 0 Å². The molecule has 1 atom stereocenters. The molecule has 2 N–H and O–H groups in total. The van der Waals surface area contributed by atoms with Gasteiger partial charge in [0.05, 0.1) is 0 Å². The van der Waals surface area contributed by atoms with Crippen LogP contribution in [0.5, 0.6) is 0 Å². The average Bonchev–Trinajstić information content (AvgIpc) is 3.26. The van der Waals surface area contributed by atoms with Crippen LogP contribution in [0.25, 0.3) is 16.7 Å². The molecule has 0 aromatic heterocycles. The minimum atomic E-state index is 0.530. The van der Waals surface area contributed by atoms with E-state index >= 15 is 0 Å². The molecule has 40 heavy (non-hydrogen) atoms. The van der Waals surface area contributed by atoms with Gasteiger partial charge in [0.2, 0.25) is 0 Å². The third kappa shape index (κ3) is 7.27. The van der Waals surface area contributed by atoms with Crippen molar-refractivity contribution in [1.29, 1.82) is 0 Å². The summed E-state index contributed by atoms with van der Waals surface area (Å²) in [4.78, 5) is 0. The minimum absolute atomic E-state index is 0.530. The third-order valence-corrected chi connectivity index (χ3v) is 9.08. The van der Waals surface area contributed by atoms with Gasteiger partial charge in [-0.05, 0) is 92.0 Å². The topological polar surface area (TPSA) is 24.1 Å². The van der Waals surface area contributed by atoms with Gasteiger partial charge in [0.1, 0.15) is 0 Å². The van der Waals surface area contributed by atoms with E-state index in [1.165, 1.54) is 109 Å². The lowest BCUT2D eigenvalue weighted by atomic mass is 9.91. The number of anilines is 2. The van der Waals surface area contributed by atoms with E-state index in [1.54, 1.807) is 0 Å². The van der Waals surface area contributed by atoms with Crippen LogP contribution in [0, 0.1) is 5.92 Å². The highest BCUT2D eigenvalue weighted by Crippen LogP contribution is 2.42. The van der Waals surface area contributed by atoms with Gasteiger partial charge in [0.25, 0.3) is 0 Å². The average molecular weight is 533 g/mol. The molecule has 3 aliphatic rings. The highest BCUT2D eigenvalue weighted by atomic mass is 14.9. The Morgan fingerprint density at radius 3 is 1.75 bits per heavy atom. The fourth-order valence-electron chi connectivity index (χ4n) is 6.72. The highest BCUT2D eigenvalue weighted by molar-refractivity contribution is 5.91. The van der Waals surface area contributed by atoms with Crippen molar-refractivity contribution in [3.63, 3.8) is 0 Å². The number of hydrogen-bond acceptors (Lipinski definition) is 2. The Morgan fingerprint density at radius 2 is 1.18 bits per heavy atom. The molecule has 0 amide bonds. The van der Waals surface area contributed by atoms with E-state index in [-0.39, 0.29) is 0 Å². The first kappa shape index (κ1) is 28.3. The lowest BCUT2D eigenvalue weighted by Gasteiger charge is -2.26. The van der Waals surface area contributed by atoms with Crippen molar-refractivity contribution in [2.45, 2.75) is 97.1 Å². The molecule has 210 valence electrons. The second-order valence-electron chi connectivity index (χ2n) is 12.1. The van der Waals surface area contributed by atoms with Gasteiger partial charge in [-0.1, -0.05) is 112 Å².